The summed E-state index contributed by atoms with van der Waals surface area (Å²) in [7, 11) is 0. The minimum Gasteiger partial charge on any atom is -0.481 e. The molecule has 0 aliphatic carbocycles. The second-order valence-corrected chi connectivity index (χ2v) is 6.65. The number of hydrogen-bond acceptors (Lipinski definition) is 6. The van der Waals surface area contributed by atoms with Crippen LogP contribution in [0.25, 0.3) is 11.0 Å². The fourth-order valence-electron chi connectivity index (χ4n) is 3.09. The summed E-state index contributed by atoms with van der Waals surface area (Å²) in [4.78, 5) is 43.5. The average molecular weight is 399 g/mol. The molecular formula is C19H21N5O5. The molecular weight excluding hydrogens is 378 g/mol. The van der Waals surface area contributed by atoms with E-state index in [0.29, 0.717) is 29.6 Å². The largest absolute Gasteiger partial charge is 0.481 e. The van der Waals surface area contributed by atoms with Crippen molar-refractivity contribution in [1.29, 1.82) is 0 Å². The maximum Gasteiger partial charge on any atom is 0.326 e. The molecule has 3 rings (SSSR count). The van der Waals surface area contributed by atoms with E-state index in [1.807, 2.05) is 12.1 Å². The van der Waals surface area contributed by atoms with Crippen LogP contribution in [0.3, 0.4) is 0 Å². The molecule has 1 aromatic carbocycles. The summed E-state index contributed by atoms with van der Waals surface area (Å²) < 4.78 is 0. The number of rotatable bonds is 9. The zero-order valence-corrected chi connectivity index (χ0v) is 15.4. The van der Waals surface area contributed by atoms with Crippen LogP contribution in [0.4, 0.5) is 11.6 Å². The summed E-state index contributed by atoms with van der Waals surface area (Å²) in [5.41, 5.74) is 8.12. The topological polar surface area (TPSA) is 174 Å². The fourth-order valence-corrected chi connectivity index (χ4v) is 3.09. The Balaban J connectivity index is 1.64. The van der Waals surface area contributed by atoms with Crippen LogP contribution in [0.15, 0.2) is 35.3 Å². The maximum absolute atomic E-state index is 12.1. The monoisotopic (exact) mass is 399 g/mol. The van der Waals surface area contributed by atoms with Crippen LogP contribution in [0, 0.1) is 0 Å². The van der Waals surface area contributed by atoms with Gasteiger partial charge in [-0.1, -0.05) is 12.1 Å². The van der Waals surface area contributed by atoms with Crippen molar-refractivity contribution in [1.82, 2.24) is 15.0 Å². The van der Waals surface area contributed by atoms with E-state index >= 15 is 0 Å². The second-order valence-electron chi connectivity index (χ2n) is 6.65. The predicted octanol–water partition coefficient (Wildman–Crippen LogP) is 1.35. The van der Waals surface area contributed by atoms with Crippen LogP contribution in [0.1, 0.15) is 24.0 Å². The first-order valence-corrected chi connectivity index (χ1v) is 8.99. The number of aromatic nitrogens is 3. The number of carboxylic acid groups (broad SMARTS) is 2. The Hall–Kier alpha value is -3.82. The van der Waals surface area contributed by atoms with Crippen molar-refractivity contribution in [3.05, 3.63) is 51.9 Å². The summed E-state index contributed by atoms with van der Waals surface area (Å²) in [5.74, 6) is -2.08. The molecule has 1 atom stereocenters. The maximum atomic E-state index is 12.1. The highest BCUT2D eigenvalue weighted by Gasteiger charge is 2.18. The summed E-state index contributed by atoms with van der Waals surface area (Å²) in [6.45, 7) is 0. The lowest BCUT2D eigenvalue weighted by Gasteiger charge is -2.15. The molecule has 0 saturated carbocycles. The molecule has 7 N–H and O–H groups in total. The molecule has 0 spiro atoms. The van der Waals surface area contributed by atoms with Gasteiger partial charge in [0.05, 0.1) is 5.39 Å². The van der Waals surface area contributed by atoms with Crippen molar-refractivity contribution in [3.63, 3.8) is 0 Å². The number of nitrogens with one attached hydrogen (secondary N) is 3. The first-order chi connectivity index (χ1) is 13.8. The van der Waals surface area contributed by atoms with Crippen molar-refractivity contribution in [3.8, 4) is 0 Å². The number of benzene rings is 1. The van der Waals surface area contributed by atoms with Crippen LogP contribution >= 0.6 is 0 Å². The molecule has 0 saturated heterocycles. The van der Waals surface area contributed by atoms with Gasteiger partial charge in [0, 0.05) is 18.3 Å². The van der Waals surface area contributed by atoms with Crippen LogP contribution in [0.2, 0.25) is 0 Å². The normalized spacial score (nSPS) is 12.0. The Bertz CT molecular complexity index is 1090. The third-order valence-corrected chi connectivity index (χ3v) is 4.56. The number of nitrogens with two attached hydrogens (primary N) is 1. The van der Waals surface area contributed by atoms with Crippen LogP contribution in [-0.4, -0.2) is 43.1 Å². The number of anilines is 2. The van der Waals surface area contributed by atoms with E-state index < -0.39 is 18.0 Å². The molecule has 10 heteroatoms. The van der Waals surface area contributed by atoms with Gasteiger partial charge in [-0.25, -0.2) is 4.79 Å². The first kappa shape index (κ1) is 19.9. The number of nitrogens with zero attached hydrogens (tertiary/aromatic N) is 1. The third kappa shape index (κ3) is 4.92. The van der Waals surface area contributed by atoms with Gasteiger partial charge >= 0.3 is 11.9 Å². The van der Waals surface area contributed by atoms with E-state index in [4.69, 9.17) is 10.8 Å². The molecule has 0 radical (unpaired) electrons. The smallest absolute Gasteiger partial charge is 0.326 e. The van der Waals surface area contributed by atoms with Gasteiger partial charge < -0.3 is 26.2 Å². The van der Waals surface area contributed by atoms with E-state index in [-0.39, 0.29) is 24.3 Å². The van der Waals surface area contributed by atoms with E-state index in [9.17, 15) is 19.5 Å². The minimum absolute atomic E-state index is 0.0138. The number of aryl methyl sites for hydroxylation is 2. The summed E-state index contributed by atoms with van der Waals surface area (Å²) >= 11 is 0. The molecule has 0 amide bonds. The van der Waals surface area contributed by atoms with Crippen molar-refractivity contribution in [2.45, 2.75) is 31.7 Å². The van der Waals surface area contributed by atoms with Crippen molar-refractivity contribution >= 4 is 34.6 Å². The highest BCUT2D eigenvalue weighted by molar-refractivity contribution is 5.79. The Labute approximate surface area is 164 Å². The molecule has 0 aliphatic rings. The number of aromatic amines is 2. The Kier molecular flexibility index (Phi) is 5.82. The zero-order chi connectivity index (χ0) is 21.0. The molecule has 2 heterocycles. The summed E-state index contributed by atoms with van der Waals surface area (Å²) in [6.07, 6.45) is 2.77. The first-order valence-electron chi connectivity index (χ1n) is 8.99. The van der Waals surface area contributed by atoms with Gasteiger partial charge in [0.2, 0.25) is 5.95 Å². The number of aliphatic carboxylic acids is 2. The Morgan fingerprint density at radius 3 is 2.55 bits per heavy atom. The lowest BCUT2D eigenvalue weighted by atomic mass is 10.0. The van der Waals surface area contributed by atoms with Gasteiger partial charge in [-0.2, -0.15) is 4.98 Å². The molecule has 0 fully saturated rings. The summed E-state index contributed by atoms with van der Waals surface area (Å²) in [6, 6.07) is 6.23. The van der Waals surface area contributed by atoms with Gasteiger partial charge in [-0.15, -0.1) is 0 Å². The molecule has 0 bridgehead atoms. The number of H-pyrrole nitrogens is 2. The summed E-state index contributed by atoms with van der Waals surface area (Å²) in [5, 5.41) is 21.3. The Morgan fingerprint density at radius 2 is 1.90 bits per heavy atom. The SMILES string of the molecule is Nc1nc2[nH]cc(CCc3ccc(N[C@@H](CCC(=O)O)C(=O)O)cc3)c2c(=O)[nH]1. The van der Waals surface area contributed by atoms with Crippen molar-refractivity contribution in [2.75, 3.05) is 11.1 Å². The molecule has 0 aliphatic heterocycles. The molecule has 0 unspecified atom stereocenters. The van der Waals surface area contributed by atoms with Gasteiger partial charge in [0.1, 0.15) is 11.7 Å². The van der Waals surface area contributed by atoms with E-state index in [1.54, 1.807) is 18.3 Å². The number of nitrogen functional groups attached to an aromatic ring is 1. The second kappa shape index (κ2) is 8.46. The van der Waals surface area contributed by atoms with Gasteiger partial charge in [0.15, 0.2) is 0 Å². The predicted molar refractivity (Wildman–Crippen MR) is 107 cm³/mol. The quantitative estimate of drug-likeness (QED) is 0.312. The Morgan fingerprint density at radius 1 is 1.17 bits per heavy atom. The van der Waals surface area contributed by atoms with Gasteiger partial charge in [-0.05, 0) is 42.5 Å². The van der Waals surface area contributed by atoms with Gasteiger partial charge in [-0.3, -0.25) is 14.6 Å². The average Bonchev–Trinajstić information content (AvgIpc) is 3.07. The highest BCUT2D eigenvalue weighted by atomic mass is 16.4. The standard InChI is InChI=1S/C19H21N5O5/c20-19-23-16-15(17(27)24-19)11(9-21-16)4-1-10-2-5-12(6-3-10)22-13(18(28)29)7-8-14(25)26/h2-3,5-6,9,13,22H,1,4,7-8H2,(H,25,26)(H,28,29)(H4,20,21,23,24,27)/t13-/m0/s1. The van der Waals surface area contributed by atoms with Crippen LogP contribution in [0.5, 0.6) is 0 Å². The van der Waals surface area contributed by atoms with Crippen molar-refractivity contribution < 1.29 is 19.8 Å². The van der Waals surface area contributed by atoms with Crippen LogP contribution in [-0.2, 0) is 22.4 Å². The van der Waals surface area contributed by atoms with Crippen LogP contribution < -0.4 is 16.6 Å². The van der Waals surface area contributed by atoms with Gasteiger partial charge in [0.25, 0.3) is 5.56 Å². The molecule has 29 heavy (non-hydrogen) atoms. The van der Waals surface area contributed by atoms with E-state index in [2.05, 4.69) is 20.3 Å². The molecule has 10 nitrogen and oxygen atoms in total. The number of hydrogen-bond donors (Lipinski definition) is 6. The number of carbonyl (C=O) groups is 2. The fraction of sp³-hybridized carbons (Fsp3) is 0.263. The van der Waals surface area contributed by atoms with E-state index in [0.717, 1.165) is 11.1 Å². The number of carboxylic acids is 2. The minimum atomic E-state index is -1.10. The lowest BCUT2D eigenvalue weighted by molar-refractivity contribution is -0.139. The van der Waals surface area contributed by atoms with E-state index in [1.165, 1.54) is 0 Å². The van der Waals surface area contributed by atoms with Crippen molar-refractivity contribution in [2.24, 2.45) is 0 Å². The zero-order valence-electron chi connectivity index (χ0n) is 15.4. The third-order valence-electron chi connectivity index (χ3n) is 4.56. The highest BCUT2D eigenvalue weighted by Crippen LogP contribution is 2.17. The number of fused-ring (bicyclic) bond motifs is 1. The lowest BCUT2D eigenvalue weighted by Crippen LogP contribution is -2.29. The molecule has 2 aromatic heterocycles. The molecule has 3 aromatic rings. The molecule has 152 valence electrons.